The minimum atomic E-state index is -0.522. The van der Waals surface area contributed by atoms with Crippen molar-refractivity contribution in [2.75, 3.05) is 11.4 Å². The molecule has 8 heteroatoms. The first-order chi connectivity index (χ1) is 11.5. The van der Waals surface area contributed by atoms with E-state index in [0.717, 1.165) is 5.56 Å². The molecule has 122 valence electrons. The Bertz CT molecular complexity index is 849. The fourth-order valence-electron chi connectivity index (χ4n) is 2.84. The molecule has 0 unspecified atom stereocenters. The molecule has 0 aliphatic carbocycles. The third-order valence-electron chi connectivity index (χ3n) is 4.01. The van der Waals surface area contributed by atoms with E-state index in [1.54, 1.807) is 24.3 Å². The van der Waals surface area contributed by atoms with E-state index in [1.807, 2.05) is 0 Å². The van der Waals surface area contributed by atoms with Crippen molar-refractivity contribution in [1.82, 2.24) is 0 Å². The first-order valence-corrected chi connectivity index (χ1v) is 7.27. The molecule has 0 saturated carbocycles. The molecule has 0 aromatic heterocycles. The van der Waals surface area contributed by atoms with Crippen LogP contribution in [0.1, 0.15) is 11.1 Å². The molecule has 0 spiro atoms. The molecule has 3 rings (SSSR count). The first-order valence-electron chi connectivity index (χ1n) is 7.27. The third-order valence-corrected chi connectivity index (χ3v) is 4.01. The fourth-order valence-corrected chi connectivity index (χ4v) is 2.84. The van der Waals surface area contributed by atoms with Crippen LogP contribution in [0.5, 0.6) is 0 Å². The molecular formula is C16H13N3O5. The van der Waals surface area contributed by atoms with Gasteiger partial charge in [-0.1, -0.05) is 24.3 Å². The lowest BCUT2D eigenvalue weighted by molar-refractivity contribution is -0.385. The Balaban J connectivity index is 1.88. The lowest BCUT2D eigenvalue weighted by atomic mass is 10.1. The molecule has 2 aromatic rings. The van der Waals surface area contributed by atoms with Crippen LogP contribution in [0, 0.1) is 20.2 Å². The molecule has 2 aromatic carbocycles. The molecule has 0 bridgehead atoms. The molecule has 1 amide bonds. The Morgan fingerprint density at radius 1 is 1.08 bits per heavy atom. The van der Waals surface area contributed by atoms with Gasteiger partial charge in [-0.05, 0) is 12.0 Å². The van der Waals surface area contributed by atoms with Crippen molar-refractivity contribution in [2.24, 2.45) is 0 Å². The number of carbonyl (C=O) groups excluding carboxylic acids is 1. The Kier molecular flexibility index (Phi) is 3.95. The van der Waals surface area contributed by atoms with Crippen molar-refractivity contribution in [2.45, 2.75) is 12.8 Å². The van der Waals surface area contributed by atoms with E-state index in [1.165, 1.54) is 23.1 Å². The van der Waals surface area contributed by atoms with E-state index in [2.05, 4.69) is 0 Å². The van der Waals surface area contributed by atoms with Gasteiger partial charge in [0.25, 0.3) is 11.4 Å². The minimum absolute atomic E-state index is 0.0841. The number of nitro benzene ring substituents is 2. The maximum atomic E-state index is 12.6. The molecule has 1 aliphatic heterocycles. The zero-order valence-corrected chi connectivity index (χ0v) is 12.5. The second kappa shape index (κ2) is 6.07. The van der Waals surface area contributed by atoms with Gasteiger partial charge in [0, 0.05) is 30.3 Å². The summed E-state index contributed by atoms with van der Waals surface area (Å²) < 4.78 is 0. The van der Waals surface area contributed by atoms with Gasteiger partial charge >= 0.3 is 0 Å². The van der Waals surface area contributed by atoms with Gasteiger partial charge in [-0.3, -0.25) is 25.0 Å². The molecule has 24 heavy (non-hydrogen) atoms. The summed E-state index contributed by atoms with van der Waals surface area (Å²) in [4.78, 5) is 35.0. The number of hydrogen-bond acceptors (Lipinski definition) is 5. The topological polar surface area (TPSA) is 107 Å². The third kappa shape index (κ3) is 2.81. The fraction of sp³-hybridized carbons (Fsp3) is 0.188. The summed E-state index contributed by atoms with van der Waals surface area (Å²) in [6, 6.07) is 10.5. The van der Waals surface area contributed by atoms with E-state index in [0.29, 0.717) is 24.2 Å². The van der Waals surface area contributed by atoms with Gasteiger partial charge in [0.2, 0.25) is 5.91 Å². The number of nitro groups is 2. The second-order valence-corrected chi connectivity index (χ2v) is 5.43. The predicted octanol–water partition coefficient (Wildman–Crippen LogP) is 2.63. The SMILES string of the molecule is O=C(Cc1ccccc1[N+](=O)[O-])N1CCc2ccc([N+](=O)[O-])cc21. The highest BCUT2D eigenvalue weighted by atomic mass is 16.6. The Hall–Kier alpha value is -3.29. The standard InChI is InChI=1S/C16H13N3O5/c20-16(9-12-3-1-2-4-14(12)19(23)24)17-8-7-11-5-6-13(18(21)22)10-15(11)17/h1-6,10H,7-9H2. The normalized spacial score (nSPS) is 12.8. The number of benzene rings is 2. The number of nitrogens with zero attached hydrogens (tertiary/aromatic N) is 3. The summed E-state index contributed by atoms with van der Waals surface area (Å²) in [6.45, 7) is 0.413. The Labute approximate surface area is 136 Å². The minimum Gasteiger partial charge on any atom is -0.311 e. The summed E-state index contributed by atoms with van der Waals surface area (Å²) in [6.07, 6.45) is 0.481. The van der Waals surface area contributed by atoms with Gasteiger partial charge in [-0.15, -0.1) is 0 Å². The highest BCUT2D eigenvalue weighted by Crippen LogP contribution is 2.32. The van der Waals surface area contributed by atoms with Gasteiger partial charge in [-0.25, -0.2) is 0 Å². The predicted molar refractivity (Wildman–Crippen MR) is 86.0 cm³/mol. The molecule has 0 fully saturated rings. The second-order valence-electron chi connectivity index (χ2n) is 5.43. The van der Waals surface area contributed by atoms with Crippen molar-refractivity contribution in [3.63, 3.8) is 0 Å². The maximum absolute atomic E-state index is 12.6. The van der Waals surface area contributed by atoms with Crippen LogP contribution in [0.3, 0.4) is 0 Å². The highest BCUT2D eigenvalue weighted by molar-refractivity contribution is 5.97. The highest BCUT2D eigenvalue weighted by Gasteiger charge is 2.28. The molecule has 0 saturated heterocycles. The van der Waals surface area contributed by atoms with E-state index in [-0.39, 0.29) is 23.7 Å². The molecule has 0 atom stereocenters. The number of carbonyl (C=O) groups is 1. The summed E-state index contributed by atoms with van der Waals surface area (Å²) in [7, 11) is 0. The van der Waals surface area contributed by atoms with Gasteiger partial charge < -0.3 is 4.90 Å². The first kappa shape index (κ1) is 15.6. The molecule has 0 N–H and O–H groups in total. The van der Waals surface area contributed by atoms with E-state index >= 15 is 0 Å². The van der Waals surface area contributed by atoms with Gasteiger partial charge in [-0.2, -0.15) is 0 Å². The quantitative estimate of drug-likeness (QED) is 0.634. The summed E-state index contributed by atoms with van der Waals surface area (Å²) in [5.41, 5.74) is 1.50. The number of fused-ring (bicyclic) bond motifs is 1. The van der Waals surface area contributed by atoms with Crippen LogP contribution in [0.25, 0.3) is 0 Å². The monoisotopic (exact) mass is 327 g/mol. The van der Waals surface area contributed by atoms with Crippen LogP contribution >= 0.6 is 0 Å². The van der Waals surface area contributed by atoms with E-state index in [9.17, 15) is 25.0 Å². The van der Waals surface area contributed by atoms with Gasteiger partial charge in [0.05, 0.1) is 22.0 Å². The number of anilines is 1. The summed E-state index contributed by atoms with van der Waals surface area (Å²) >= 11 is 0. The molecule has 0 radical (unpaired) electrons. The largest absolute Gasteiger partial charge is 0.311 e. The van der Waals surface area contributed by atoms with Crippen molar-refractivity contribution in [1.29, 1.82) is 0 Å². The van der Waals surface area contributed by atoms with Crippen LogP contribution in [0.2, 0.25) is 0 Å². The number of para-hydroxylation sites is 1. The van der Waals surface area contributed by atoms with Crippen LogP contribution in [0.4, 0.5) is 17.1 Å². The van der Waals surface area contributed by atoms with Crippen LogP contribution in [-0.4, -0.2) is 22.3 Å². The van der Waals surface area contributed by atoms with Crippen LogP contribution < -0.4 is 4.90 Å². The number of amides is 1. The van der Waals surface area contributed by atoms with Gasteiger partial charge in [0.15, 0.2) is 0 Å². The van der Waals surface area contributed by atoms with Crippen LogP contribution in [0.15, 0.2) is 42.5 Å². The van der Waals surface area contributed by atoms with Crippen molar-refractivity contribution in [3.8, 4) is 0 Å². The Morgan fingerprint density at radius 2 is 1.83 bits per heavy atom. The summed E-state index contributed by atoms with van der Waals surface area (Å²) in [5.74, 6) is -0.316. The van der Waals surface area contributed by atoms with Crippen molar-refractivity contribution >= 4 is 23.0 Å². The number of hydrogen-bond donors (Lipinski definition) is 0. The molecule has 8 nitrogen and oxygen atoms in total. The molecule has 1 aliphatic rings. The molecule has 1 heterocycles. The number of non-ortho nitro benzene ring substituents is 1. The van der Waals surface area contributed by atoms with E-state index in [4.69, 9.17) is 0 Å². The zero-order chi connectivity index (χ0) is 17.3. The lowest BCUT2D eigenvalue weighted by Crippen LogP contribution is -2.30. The Morgan fingerprint density at radius 3 is 2.54 bits per heavy atom. The lowest BCUT2D eigenvalue weighted by Gasteiger charge is -2.17. The van der Waals surface area contributed by atoms with E-state index < -0.39 is 9.85 Å². The zero-order valence-electron chi connectivity index (χ0n) is 12.5. The van der Waals surface area contributed by atoms with Crippen molar-refractivity contribution < 1.29 is 14.6 Å². The average Bonchev–Trinajstić information content (AvgIpc) is 2.98. The van der Waals surface area contributed by atoms with Gasteiger partial charge in [0.1, 0.15) is 0 Å². The average molecular weight is 327 g/mol. The summed E-state index contributed by atoms with van der Waals surface area (Å²) in [5, 5.41) is 22.0. The maximum Gasteiger partial charge on any atom is 0.273 e. The van der Waals surface area contributed by atoms with Crippen LogP contribution in [-0.2, 0) is 17.6 Å². The number of rotatable bonds is 4. The van der Waals surface area contributed by atoms with Crippen molar-refractivity contribution in [3.05, 3.63) is 73.8 Å². The molecular weight excluding hydrogens is 314 g/mol. The smallest absolute Gasteiger partial charge is 0.273 e.